The molecular weight excluding hydrogens is 208 g/mol. The molecule has 88 valence electrons. The average molecular weight is 224 g/mol. The Morgan fingerprint density at radius 1 is 1.50 bits per heavy atom. The molecule has 1 rings (SSSR count). The van der Waals surface area contributed by atoms with Gasteiger partial charge in [-0.3, -0.25) is 9.59 Å². The molecule has 1 aliphatic rings. The first-order valence-corrected chi connectivity index (χ1v) is 5.41. The molecule has 4 nitrogen and oxygen atoms in total. The molecular formula is C12H16O4. The number of rotatable bonds is 6. The molecule has 0 aromatic rings. The number of aliphatic carboxylic acids is 1. The van der Waals surface area contributed by atoms with E-state index in [2.05, 4.69) is 0 Å². The van der Waals surface area contributed by atoms with Crippen LogP contribution in [0.5, 0.6) is 0 Å². The second-order valence-corrected chi connectivity index (χ2v) is 3.86. The molecule has 1 atom stereocenters. The third-order valence-electron chi connectivity index (χ3n) is 2.40. The van der Waals surface area contributed by atoms with E-state index < -0.39 is 12.1 Å². The Balaban J connectivity index is 2.20. The molecule has 0 spiro atoms. The fourth-order valence-electron chi connectivity index (χ4n) is 1.56. The fourth-order valence-corrected chi connectivity index (χ4v) is 1.56. The average Bonchev–Trinajstić information content (AvgIpc) is 2.50. The molecule has 16 heavy (non-hydrogen) atoms. The summed E-state index contributed by atoms with van der Waals surface area (Å²) in [6.45, 7) is 0. The van der Waals surface area contributed by atoms with Crippen molar-refractivity contribution in [3.8, 4) is 0 Å². The van der Waals surface area contributed by atoms with Crippen LogP contribution < -0.4 is 0 Å². The molecule has 0 heterocycles. The zero-order valence-electron chi connectivity index (χ0n) is 9.06. The molecule has 1 aliphatic carbocycles. The van der Waals surface area contributed by atoms with Crippen LogP contribution in [0.2, 0.25) is 0 Å². The van der Waals surface area contributed by atoms with E-state index in [0.29, 0.717) is 12.0 Å². The Bertz CT molecular complexity index is 328. The van der Waals surface area contributed by atoms with Crippen LogP contribution in [0.4, 0.5) is 0 Å². The van der Waals surface area contributed by atoms with Gasteiger partial charge in [-0.2, -0.15) is 0 Å². The van der Waals surface area contributed by atoms with Gasteiger partial charge >= 0.3 is 5.97 Å². The van der Waals surface area contributed by atoms with Gasteiger partial charge < -0.3 is 10.2 Å². The summed E-state index contributed by atoms with van der Waals surface area (Å²) in [4.78, 5) is 21.5. The van der Waals surface area contributed by atoms with E-state index in [9.17, 15) is 14.7 Å². The maximum atomic E-state index is 11.2. The molecule has 0 aliphatic heterocycles. The molecule has 0 aromatic heterocycles. The molecule has 2 N–H and O–H groups in total. The quantitative estimate of drug-likeness (QED) is 0.669. The third kappa shape index (κ3) is 4.40. The summed E-state index contributed by atoms with van der Waals surface area (Å²) >= 11 is 0. The lowest BCUT2D eigenvalue weighted by Crippen LogP contribution is -2.00. The van der Waals surface area contributed by atoms with E-state index in [1.165, 1.54) is 0 Å². The fraction of sp³-hybridized carbons (Fsp3) is 0.500. The van der Waals surface area contributed by atoms with Crippen molar-refractivity contribution in [1.82, 2.24) is 0 Å². The van der Waals surface area contributed by atoms with E-state index >= 15 is 0 Å². The largest absolute Gasteiger partial charge is 0.481 e. The summed E-state index contributed by atoms with van der Waals surface area (Å²) in [6, 6.07) is 0. The van der Waals surface area contributed by atoms with Gasteiger partial charge in [0.15, 0.2) is 5.78 Å². The van der Waals surface area contributed by atoms with Crippen molar-refractivity contribution in [2.45, 2.75) is 38.2 Å². The lowest BCUT2D eigenvalue weighted by molar-refractivity contribution is -0.137. The van der Waals surface area contributed by atoms with Gasteiger partial charge in [0.25, 0.3) is 0 Å². The minimum Gasteiger partial charge on any atom is -0.481 e. The minimum absolute atomic E-state index is 0.0331. The lowest BCUT2D eigenvalue weighted by Gasteiger charge is -1.93. The zero-order chi connectivity index (χ0) is 12.0. The summed E-state index contributed by atoms with van der Waals surface area (Å²) in [5.41, 5.74) is 0.561. The van der Waals surface area contributed by atoms with E-state index in [0.717, 1.165) is 12.8 Å². The maximum absolute atomic E-state index is 11.2. The number of carbonyl (C=O) groups is 2. The standard InChI is InChI=1S/C12H16O4/c13-10-7-9(11(14)8-10)5-3-1-2-4-6-12(15)16/h3,5,7,10,13H,1-2,4,6,8H2,(H,15,16). The lowest BCUT2D eigenvalue weighted by atomic mass is 10.1. The van der Waals surface area contributed by atoms with Gasteiger partial charge in [-0.1, -0.05) is 12.2 Å². The Kier molecular flexibility index (Phi) is 4.92. The Morgan fingerprint density at radius 3 is 2.81 bits per heavy atom. The topological polar surface area (TPSA) is 74.6 Å². The SMILES string of the molecule is O=C(O)CCCCC=CC1=CC(O)CC1=O. The van der Waals surface area contributed by atoms with Crippen LogP contribution >= 0.6 is 0 Å². The van der Waals surface area contributed by atoms with Gasteiger partial charge in [-0.25, -0.2) is 0 Å². The minimum atomic E-state index is -0.777. The summed E-state index contributed by atoms with van der Waals surface area (Å²) in [5.74, 6) is -0.810. The number of carbonyl (C=O) groups excluding carboxylic acids is 1. The van der Waals surface area contributed by atoms with Crippen LogP contribution in [0.25, 0.3) is 0 Å². The second kappa shape index (κ2) is 6.23. The monoisotopic (exact) mass is 224 g/mol. The number of aliphatic hydroxyl groups is 1. The number of hydrogen-bond donors (Lipinski definition) is 2. The van der Waals surface area contributed by atoms with Crippen LogP contribution in [0, 0.1) is 0 Å². The van der Waals surface area contributed by atoms with Crippen molar-refractivity contribution < 1.29 is 19.8 Å². The maximum Gasteiger partial charge on any atom is 0.303 e. The predicted octanol–water partition coefficient (Wildman–Crippen LogP) is 1.45. The zero-order valence-corrected chi connectivity index (χ0v) is 9.06. The van der Waals surface area contributed by atoms with E-state index in [1.54, 1.807) is 12.2 Å². The molecule has 0 amide bonds. The third-order valence-corrected chi connectivity index (χ3v) is 2.40. The number of aliphatic hydroxyl groups excluding tert-OH is 1. The molecule has 4 heteroatoms. The van der Waals surface area contributed by atoms with E-state index in [-0.39, 0.29) is 18.6 Å². The van der Waals surface area contributed by atoms with Gasteiger partial charge in [0.05, 0.1) is 6.10 Å². The number of unbranched alkanes of at least 4 members (excludes halogenated alkanes) is 2. The van der Waals surface area contributed by atoms with Crippen LogP contribution in [0.15, 0.2) is 23.8 Å². The number of carboxylic acid groups (broad SMARTS) is 1. The van der Waals surface area contributed by atoms with Crippen molar-refractivity contribution in [3.63, 3.8) is 0 Å². The molecule has 0 saturated heterocycles. The van der Waals surface area contributed by atoms with Crippen LogP contribution in [0.3, 0.4) is 0 Å². The van der Waals surface area contributed by atoms with Crippen molar-refractivity contribution >= 4 is 11.8 Å². The van der Waals surface area contributed by atoms with Gasteiger partial charge in [0.2, 0.25) is 0 Å². The summed E-state index contributed by atoms with van der Waals surface area (Å²) < 4.78 is 0. The van der Waals surface area contributed by atoms with Crippen molar-refractivity contribution in [3.05, 3.63) is 23.8 Å². The highest BCUT2D eigenvalue weighted by Crippen LogP contribution is 2.16. The van der Waals surface area contributed by atoms with Crippen LogP contribution in [0.1, 0.15) is 32.1 Å². The smallest absolute Gasteiger partial charge is 0.303 e. The van der Waals surface area contributed by atoms with Crippen molar-refractivity contribution in [1.29, 1.82) is 0 Å². The predicted molar refractivity (Wildman–Crippen MR) is 59.0 cm³/mol. The first kappa shape index (κ1) is 12.6. The highest BCUT2D eigenvalue weighted by Gasteiger charge is 2.19. The normalized spacial score (nSPS) is 20.4. The highest BCUT2D eigenvalue weighted by molar-refractivity contribution is 6.00. The summed E-state index contributed by atoms with van der Waals surface area (Å²) in [7, 11) is 0. The molecule has 0 radical (unpaired) electrons. The number of allylic oxidation sites excluding steroid dienone is 3. The Labute approximate surface area is 94.3 Å². The molecule has 1 unspecified atom stereocenters. The van der Waals surface area contributed by atoms with Gasteiger partial charge in [0, 0.05) is 18.4 Å². The van der Waals surface area contributed by atoms with Gasteiger partial charge in [-0.15, -0.1) is 0 Å². The molecule has 0 saturated carbocycles. The Hall–Kier alpha value is -1.42. The number of ketones is 1. The van der Waals surface area contributed by atoms with Gasteiger partial charge in [-0.05, 0) is 25.3 Å². The van der Waals surface area contributed by atoms with Gasteiger partial charge in [0.1, 0.15) is 0 Å². The number of Topliss-reactive ketones (excluding diaryl/α,β-unsaturated/α-hetero) is 1. The molecule has 0 aromatic carbocycles. The van der Waals surface area contributed by atoms with Crippen molar-refractivity contribution in [2.75, 3.05) is 0 Å². The summed E-state index contributed by atoms with van der Waals surface area (Å²) in [5, 5.41) is 17.6. The summed E-state index contributed by atoms with van der Waals surface area (Å²) in [6.07, 6.45) is 7.04. The first-order chi connectivity index (χ1) is 7.59. The second-order valence-electron chi connectivity index (χ2n) is 3.86. The van der Waals surface area contributed by atoms with Crippen LogP contribution in [-0.2, 0) is 9.59 Å². The Morgan fingerprint density at radius 2 is 2.25 bits per heavy atom. The highest BCUT2D eigenvalue weighted by atomic mass is 16.4. The van der Waals surface area contributed by atoms with E-state index in [4.69, 9.17) is 5.11 Å². The first-order valence-electron chi connectivity index (χ1n) is 5.41. The van der Waals surface area contributed by atoms with Crippen LogP contribution in [-0.4, -0.2) is 28.1 Å². The molecule has 0 bridgehead atoms. The van der Waals surface area contributed by atoms with Crippen molar-refractivity contribution in [2.24, 2.45) is 0 Å². The molecule has 0 fully saturated rings. The number of carboxylic acids is 1. The van der Waals surface area contributed by atoms with E-state index in [1.807, 2.05) is 6.08 Å². The number of hydrogen-bond acceptors (Lipinski definition) is 3.